The number of amides is 1. The molecule has 0 aliphatic rings. The number of nitrogens with two attached hydrogens (primary N) is 1. The van der Waals surface area contributed by atoms with E-state index in [4.69, 9.17) is 10.8 Å². The van der Waals surface area contributed by atoms with E-state index in [-0.39, 0.29) is 17.9 Å². The molecule has 0 spiro atoms. The van der Waals surface area contributed by atoms with Crippen LogP contribution in [0, 0.1) is 0 Å². The number of benzene rings is 1. The van der Waals surface area contributed by atoms with Crippen LogP contribution in [0.15, 0.2) is 18.2 Å². The smallest absolute Gasteiger partial charge is 0.339 e. The van der Waals surface area contributed by atoms with E-state index >= 15 is 0 Å². The highest BCUT2D eigenvalue weighted by Crippen LogP contribution is 2.21. The lowest BCUT2D eigenvalue weighted by Gasteiger charge is -2.11. The molecule has 8 nitrogen and oxygen atoms in total. The highest BCUT2D eigenvalue weighted by molar-refractivity contribution is 6.08. The number of carboxylic acid groups (broad SMARTS) is 1. The monoisotopic (exact) mass is 282 g/mol. The molecule has 1 rings (SSSR count). The van der Waals surface area contributed by atoms with Gasteiger partial charge in [0.15, 0.2) is 6.04 Å². The van der Waals surface area contributed by atoms with Crippen molar-refractivity contribution in [2.24, 2.45) is 5.73 Å². The Morgan fingerprint density at radius 3 is 2.55 bits per heavy atom. The fourth-order valence-corrected chi connectivity index (χ4v) is 1.35. The highest BCUT2D eigenvalue weighted by atomic mass is 16.5. The number of aromatic carboxylic acids is 1. The van der Waals surface area contributed by atoms with Crippen molar-refractivity contribution in [3.05, 3.63) is 23.8 Å². The Hall–Kier alpha value is -2.61. The number of esters is 1. The second-order valence-electron chi connectivity index (χ2n) is 3.76. The van der Waals surface area contributed by atoms with Crippen LogP contribution in [0.25, 0.3) is 0 Å². The average Bonchev–Trinajstić information content (AvgIpc) is 2.37. The zero-order chi connectivity index (χ0) is 15.3. The Morgan fingerprint density at radius 1 is 1.40 bits per heavy atom. The molecule has 1 amide bonds. The molecule has 0 aliphatic heterocycles. The summed E-state index contributed by atoms with van der Waals surface area (Å²) < 4.78 is 4.58. The second-order valence-corrected chi connectivity index (χ2v) is 3.76. The molecule has 0 heterocycles. The Bertz CT molecular complexity index is 543. The third-order valence-corrected chi connectivity index (χ3v) is 2.32. The molecular weight excluding hydrogens is 268 g/mol. The van der Waals surface area contributed by atoms with E-state index in [9.17, 15) is 19.5 Å². The molecule has 20 heavy (non-hydrogen) atoms. The third kappa shape index (κ3) is 3.69. The maximum atomic E-state index is 11.6. The predicted octanol–water partition coefficient (Wildman–Crippen LogP) is -0.0807. The van der Waals surface area contributed by atoms with E-state index in [0.717, 1.165) is 12.1 Å². The fourth-order valence-electron chi connectivity index (χ4n) is 1.35. The largest absolute Gasteiger partial charge is 0.507 e. The fraction of sp³-hybridized carbons (Fsp3) is 0.250. The number of carboxylic acids is 1. The number of nitrogens with one attached hydrogen (secondary N) is 1. The van der Waals surface area contributed by atoms with Gasteiger partial charge in [0.2, 0.25) is 0 Å². The van der Waals surface area contributed by atoms with Crippen LogP contribution in [0.1, 0.15) is 17.3 Å². The van der Waals surface area contributed by atoms with Gasteiger partial charge in [0.05, 0.1) is 6.61 Å². The van der Waals surface area contributed by atoms with Gasteiger partial charge in [-0.25, -0.2) is 9.59 Å². The van der Waals surface area contributed by atoms with Crippen LogP contribution in [0.4, 0.5) is 5.69 Å². The second kappa shape index (κ2) is 6.53. The van der Waals surface area contributed by atoms with Gasteiger partial charge in [-0.15, -0.1) is 0 Å². The van der Waals surface area contributed by atoms with Gasteiger partial charge in [0.1, 0.15) is 11.3 Å². The van der Waals surface area contributed by atoms with Gasteiger partial charge in [-0.2, -0.15) is 0 Å². The molecule has 0 fully saturated rings. The number of anilines is 1. The Balaban J connectivity index is 2.79. The van der Waals surface area contributed by atoms with E-state index < -0.39 is 29.6 Å². The standard InChI is InChI=1S/C12H14N2O6/c1-2-20-12(19)9(13)10(16)14-6-3-4-7(11(17)18)8(15)5-6/h3-5,9,15H,2,13H2,1H3,(H,14,16)(H,17,18). The predicted molar refractivity (Wildman–Crippen MR) is 68.3 cm³/mol. The minimum absolute atomic E-state index is 0.0912. The maximum absolute atomic E-state index is 11.6. The summed E-state index contributed by atoms with van der Waals surface area (Å²) in [5, 5.41) is 20.5. The van der Waals surface area contributed by atoms with E-state index in [1.54, 1.807) is 6.92 Å². The number of carbonyl (C=O) groups excluding carboxylic acids is 2. The molecule has 0 aliphatic carbocycles. The number of hydrogen-bond donors (Lipinski definition) is 4. The van der Waals surface area contributed by atoms with E-state index in [1.165, 1.54) is 6.07 Å². The lowest BCUT2D eigenvalue weighted by molar-refractivity contribution is -0.146. The summed E-state index contributed by atoms with van der Waals surface area (Å²) in [4.78, 5) is 33.6. The van der Waals surface area contributed by atoms with E-state index in [0.29, 0.717) is 0 Å². The topological polar surface area (TPSA) is 139 Å². The Morgan fingerprint density at radius 2 is 2.05 bits per heavy atom. The van der Waals surface area contributed by atoms with Crippen LogP contribution in [-0.2, 0) is 14.3 Å². The van der Waals surface area contributed by atoms with Gasteiger partial charge in [-0.1, -0.05) is 0 Å². The van der Waals surface area contributed by atoms with Crippen LogP contribution in [0.5, 0.6) is 5.75 Å². The van der Waals surface area contributed by atoms with Gasteiger partial charge in [0.25, 0.3) is 5.91 Å². The van der Waals surface area contributed by atoms with Crippen LogP contribution < -0.4 is 11.1 Å². The minimum Gasteiger partial charge on any atom is -0.507 e. The van der Waals surface area contributed by atoms with Gasteiger partial charge in [-0.05, 0) is 19.1 Å². The first-order valence-corrected chi connectivity index (χ1v) is 5.66. The first kappa shape index (κ1) is 15.4. The maximum Gasteiger partial charge on any atom is 0.339 e. The summed E-state index contributed by atoms with van der Waals surface area (Å²) in [7, 11) is 0. The molecule has 1 atom stereocenters. The molecule has 5 N–H and O–H groups in total. The highest BCUT2D eigenvalue weighted by Gasteiger charge is 2.23. The van der Waals surface area contributed by atoms with Crippen molar-refractivity contribution in [3.63, 3.8) is 0 Å². The third-order valence-electron chi connectivity index (χ3n) is 2.32. The molecule has 0 saturated heterocycles. The number of hydrogen-bond acceptors (Lipinski definition) is 6. The van der Waals surface area contributed by atoms with E-state index in [1.807, 2.05) is 0 Å². The Labute approximate surface area is 114 Å². The van der Waals surface area contributed by atoms with Crippen LogP contribution in [-0.4, -0.2) is 40.7 Å². The first-order chi connectivity index (χ1) is 9.36. The summed E-state index contributed by atoms with van der Waals surface area (Å²) in [5.74, 6) is -3.52. The number of aromatic hydroxyl groups is 1. The quantitative estimate of drug-likeness (QED) is 0.437. The summed E-state index contributed by atoms with van der Waals surface area (Å²) in [6.07, 6.45) is 0. The molecule has 1 aromatic rings. The molecule has 8 heteroatoms. The molecule has 1 aromatic carbocycles. The average molecular weight is 282 g/mol. The normalized spacial score (nSPS) is 11.5. The molecule has 0 radical (unpaired) electrons. The Kier molecular flexibility index (Phi) is 5.04. The van der Waals surface area contributed by atoms with Gasteiger partial charge < -0.3 is 26.0 Å². The zero-order valence-corrected chi connectivity index (χ0v) is 10.6. The van der Waals surface area contributed by atoms with Gasteiger partial charge in [0, 0.05) is 11.8 Å². The van der Waals surface area contributed by atoms with E-state index in [2.05, 4.69) is 10.1 Å². The van der Waals surface area contributed by atoms with Crippen molar-refractivity contribution in [1.29, 1.82) is 0 Å². The number of rotatable bonds is 5. The molecular formula is C12H14N2O6. The van der Waals surface area contributed by atoms with Crippen molar-refractivity contribution in [2.75, 3.05) is 11.9 Å². The summed E-state index contributed by atoms with van der Waals surface area (Å²) in [6.45, 7) is 1.67. The minimum atomic E-state index is -1.50. The summed E-state index contributed by atoms with van der Waals surface area (Å²) in [5.41, 5.74) is 5.17. The van der Waals surface area contributed by atoms with Crippen molar-refractivity contribution >= 4 is 23.5 Å². The SMILES string of the molecule is CCOC(=O)C(N)C(=O)Nc1ccc(C(=O)O)c(O)c1. The lowest BCUT2D eigenvalue weighted by Crippen LogP contribution is -2.43. The molecule has 0 aromatic heterocycles. The van der Waals surface area contributed by atoms with Gasteiger partial charge in [-0.3, -0.25) is 4.79 Å². The van der Waals surface area contributed by atoms with Crippen molar-refractivity contribution in [2.45, 2.75) is 13.0 Å². The van der Waals surface area contributed by atoms with Crippen molar-refractivity contribution in [3.8, 4) is 5.75 Å². The number of carbonyl (C=O) groups is 3. The molecule has 108 valence electrons. The lowest BCUT2D eigenvalue weighted by atomic mass is 10.1. The molecule has 0 saturated carbocycles. The van der Waals surface area contributed by atoms with Crippen LogP contribution in [0.3, 0.4) is 0 Å². The number of phenols is 1. The van der Waals surface area contributed by atoms with Crippen LogP contribution >= 0.6 is 0 Å². The van der Waals surface area contributed by atoms with Crippen LogP contribution in [0.2, 0.25) is 0 Å². The summed E-state index contributed by atoms with van der Waals surface area (Å²) >= 11 is 0. The first-order valence-electron chi connectivity index (χ1n) is 5.66. The zero-order valence-electron chi connectivity index (χ0n) is 10.6. The van der Waals surface area contributed by atoms with Gasteiger partial charge >= 0.3 is 11.9 Å². The molecule has 0 bridgehead atoms. The summed E-state index contributed by atoms with van der Waals surface area (Å²) in [6, 6.07) is 1.91. The number of ether oxygens (including phenoxy) is 1. The van der Waals surface area contributed by atoms with Crippen molar-refractivity contribution in [1.82, 2.24) is 0 Å². The molecule has 1 unspecified atom stereocenters. The van der Waals surface area contributed by atoms with Crippen molar-refractivity contribution < 1.29 is 29.3 Å².